The average Bonchev–Trinajstić information content (AvgIpc) is 2.82. The number of likely N-dealkylation sites (N-methyl/N-ethyl adjacent to an activating group) is 1. The lowest BCUT2D eigenvalue weighted by atomic mass is 10.2. The van der Waals surface area contributed by atoms with Gasteiger partial charge >= 0.3 is 0 Å². The van der Waals surface area contributed by atoms with Gasteiger partial charge in [0.15, 0.2) is 0 Å². The van der Waals surface area contributed by atoms with Crippen LogP contribution in [0.4, 0.5) is 0 Å². The summed E-state index contributed by atoms with van der Waals surface area (Å²) in [5.74, 6) is 0.0881. The number of amides is 1. The number of methoxy groups -OCH3 is 1. The molecule has 0 radical (unpaired) electrons. The molecule has 0 aliphatic rings. The first-order valence-corrected chi connectivity index (χ1v) is 7.12. The van der Waals surface area contributed by atoms with E-state index in [1.165, 1.54) is 5.56 Å². The van der Waals surface area contributed by atoms with Crippen LogP contribution in [0.5, 0.6) is 0 Å². The molecule has 0 aliphatic carbocycles. The number of rotatable bonds is 9. The van der Waals surface area contributed by atoms with Gasteiger partial charge < -0.3 is 10.1 Å². The van der Waals surface area contributed by atoms with E-state index in [1.54, 1.807) is 18.4 Å². The van der Waals surface area contributed by atoms with Crippen molar-refractivity contribution >= 4 is 17.2 Å². The van der Waals surface area contributed by atoms with Gasteiger partial charge in [-0.05, 0) is 42.3 Å². The number of nitrogens with zero attached hydrogens (tertiary/aromatic N) is 1. The van der Waals surface area contributed by atoms with Crippen molar-refractivity contribution in [1.29, 1.82) is 0 Å². The van der Waals surface area contributed by atoms with Crippen molar-refractivity contribution in [2.75, 3.05) is 40.4 Å². The molecule has 1 rings (SSSR count). The molecule has 0 atom stereocenters. The van der Waals surface area contributed by atoms with Crippen molar-refractivity contribution in [1.82, 2.24) is 10.2 Å². The molecule has 0 unspecified atom stereocenters. The van der Waals surface area contributed by atoms with Crippen molar-refractivity contribution in [3.8, 4) is 0 Å². The molecule has 1 aromatic heterocycles. The van der Waals surface area contributed by atoms with Crippen LogP contribution in [0, 0.1) is 0 Å². The molecular formula is C13H22N2O2S. The van der Waals surface area contributed by atoms with Gasteiger partial charge in [0.2, 0.25) is 5.91 Å². The molecule has 1 N–H and O–H groups in total. The van der Waals surface area contributed by atoms with Crippen LogP contribution in [0.2, 0.25) is 0 Å². The molecule has 102 valence electrons. The molecule has 0 saturated carbocycles. The summed E-state index contributed by atoms with van der Waals surface area (Å²) in [5.41, 5.74) is 1.29. The summed E-state index contributed by atoms with van der Waals surface area (Å²) < 4.78 is 4.98. The fourth-order valence-electron chi connectivity index (χ4n) is 1.64. The summed E-state index contributed by atoms with van der Waals surface area (Å²) >= 11 is 1.69. The number of carbonyl (C=O) groups is 1. The van der Waals surface area contributed by atoms with Gasteiger partial charge in [-0.15, -0.1) is 0 Å². The van der Waals surface area contributed by atoms with Gasteiger partial charge in [0.25, 0.3) is 0 Å². The fraction of sp³-hybridized carbons (Fsp3) is 0.615. The highest BCUT2D eigenvalue weighted by molar-refractivity contribution is 7.07. The highest BCUT2D eigenvalue weighted by Gasteiger charge is 2.05. The normalized spacial score (nSPS) is 10.8. The van der Waals surface area contributed by atoms with Crippen molar-refractivity contribution < 1.29 is 9.53 Å². The standard InChI is InChI=1S/C13H22N2O2S/c1-15(7-3-8-17-2)10-13(16)14-6-4-12-5-9-18-11-12/h5,9,11H,3-4,6-8,10H2,1-2H3,(H,14,16). The Balaban J connectivity index is 2.05. The molecule has 1 heterocycles. The Hall–Kier alpha value is -0.910. The molecule has 0 aliphatic heterocycles. The molecule has 1 aromatic rings. The number of hydrogen-bond donors (Lipinski definition) is 1. The SMILES string of the molecule is COCCCN(C)CC(=O)NCCc1ccsc1. The Labute approximate surface area is 113 Å². The van der Waals surface area contributed by atoms with E-state index >= 15 is 0 Å². The lowest BCUT2D eigenvalue weighted by molar-refractivity contribution is -0.121. The number of hydrogen-bond acceptors (Lipinski definition) is 4. The maximum absolute atomic E-state index is 11.6. The van der Waals surface area contributed by atoms with E-state index in [0.29, 0.717) is 13.1 Å². The van der Waals surface area contributed by atoms with Gasteiger partial charge in [-0.25, -0.2) is 0 Å². The van der Waals surface area contributed by atoms with Crippen LogP contribution in [0.15, 0.2) is 16.8 Å². The van der Waals surface area contributed by atoms with Gasteiger partial charge in [0.1, 0.15) is 0 Å². The van der Waals surface area contributed by atoms with Crippen LogP contribution >= 0.6 is 11.3 Å². The average molecular weight is 270 g/mol. The summed E-state index contributed by atoms with van der Waals surface area (Å²) in [6.07, 6.45) is 1.86. The minimum atomic E-state index is 0.0881. The van der Waals surface area contributed by atoms with Gasteiger partial charge in [-0.1, -0.05) is 0 Å². The second kappa shape index (κ2) is 9.08. The first kappa shape index (κ1) is 15.1. The number of nitrogens with one attached hydrogen (secondary N) is 1. The van der Waals surface area contributed by atoms with Crippen LogP contribution in [0.25, 0.3) is 0 Å². The van der Waals surface area contributed by atoms with Crippen molar-refractivity contribution in [3.05, 3.63) is 22.4 Å². The van der Waals surface area contributed by atoms with E-state index in [1.807, 2.05) is 11.9 Å². The van der Waals surface area contributed by atoms with Crippen LogP contribution in [0.3, 0.4) is 0 Å². The van der Waals surface area contributed by atoms with Crippen LogP contribution in [0.1, 0.15) is 12.0 Å². The number of carbonyl (C=O) groups excluding carboxylic acids is 1. The quantitative estimate of drug-likeness (QED) is 0.689. The van der Waals surface area contributed by atoms with E-state index in [-0.39, 0.29) is 5.91 Å². The third kappa shape index (κ3) is 6.74. The minimum absolute atomic E-state index is 0.0881. The second-order valence-electron chi connectivity index (χ2n) is 4.32. The maximum Gasteiger partial charge on any atom is 0.234 e. The summed E-state index contributed by atoms with van der Waals surface area (Å²) in [7, 11) is 3.64. The van der Waals surface area contributed by atoms with E-state index < -0.39 is 0 Å². The molecule has 0 spiro atoms. The Morgan fingerprint density at radius 1 is 1.56 bits per heavy atom. The Bertz CT molecular complexity index is 328. The van der Waals surface area contributed by atoms with E-state index in [0.717, 1.165) is 26.0 Å². The van der Waals surface area contributed by atoms with E-state index in [4.69, 9.17) is 4.74 Å². The smallest absolute Gasteiger partial charge is 0.234 e. The van der Waals surface area contributed by atoms with Gasteiger partial charge in [-0.2, -0.15) is 11.3 Å². The van der Waals surface area contributed by atoms with Crippen LogP contribution in [-0.4, -0.2) is 51.2 Å². The van der Waals surface area contributed by atoms with Gasteiger partial charge in [0.05, 0.1) is 6.54 Å². The first-order valence-electron chi connectivity index (χ1n) is 6.17. The molecule has 1 amide bonds. The molecule has 18 heavy (non-hydrogen) atoms. The van der Waals surface area contributed by atoms with Crippen molar-refractivity contribution in [2.45, 2.75) is 12.8 Å². The third-order valence-corrected chi connectivity index (χ3v) is 3.35. The Morgan fingerprint density at radius 2 is 2.39 bits per heavy atom. The monoisotopic (exact) mass is 270 g/mol. The zero-order valence-corrected chi connectivity index (χ0v) is 12.0. The summed E-state index contributed by atoms with van der Waals surface area (Å²) in [5, 5.41) is 7.11. The number of ether oxygens (including phenoxy) is 1. The largest absolute Gasteiger partial charge is 0.385 e. The first-order chi connectivity index (χ1) is 8.72. The predicted octanol–water partition coefficient (Wildman–Crippen LogP) is 1.38. The lowest BCUT2D eigenvalue weighted by Crippen LogP contribution is -2.36. The second-order valence-corrected chi connectivity index (χ2v) is 5.10. The Kier molecular flexibility index (Phi) is 7.64. The Morgan fingerprint density at radius 3 is 3.06 bits per heavy atom. The van der Waals surface area contributed by atoms with Crippen LogP contribution in [-0.2, 0) is 16.0 Å². The number of thiophene rings is 1. The highest BCUT2D eigenvalue weighted by atomic mass is 32.1. The molecule has 0 bridgehead atoms. The highest BCUT2D eigenvalue weighted by Crippen LogP contribution is 2.05. The lowest BCUT2D eigenvalue weighted by Gasteiger charge is -2.15. The molecule has 0 saturated heterocycles. The molecule has 0 fully saturated rings. The van der Waals surface area contributed by atoms with E-state index in [2.05, 4.69) is 22.1 Å². The summed E-state index contributed by atoms with van der Waals surface area (Å²) in [4.78, 5) is 13.6. The van der Waals surface area contributed by atoms with Crippen molar-refractivity contribution in [2.24, 2.45) is 0 Å². The van der Waals surface area contributed by atoms with Crippen LogP contribution < -0.4 is 5.32 Å². The molecule has 5 heteroatoms. The van der Waals surface area contributed by atoms with Gasteiger partial charge in [-0.3, -0.25) is 9.69 Å². The zero-order valence-electron chi connectivity index (χ0n) is 11.1. The molecule has 4 nitrogen and oxygen atoms in total. The maximum atomic E-state index is 11.6. The van der Waals surface area contributed by atoms with E-state index in [9.17, 15) is 4.79 Å². The molecule has 0 aromatic carbocycles. The minimum Gasteiger partial charge on any atom is -0.385 e. The zero-order chi connectivity index (χ0) is 13.2. The van der Waals surface area contributed by atoms with Gasteiger partial charge in [0, 0.05) is 26.8 Å². The topological polar surface area (TPSA) is 41.6 Å². The third-order valence-electron chi connectivity index (χ3n) is 2.62. The fourth-order valence-corrected chi connectivity index (χ4v) is 2.34. The van der Waals surface area contributed by atoms with Crippen molar-refractivity contribution in [3.63, 3.8) is 0 Å². The summed E-state index contributed by atoms with van der Waals surface area (Å²) in [6.45, 7) is 2.78. The molecular weight excluding hydrogens is 248 g/mol. The predicted molar refractivity (Wildman–Crippen MR) is 75.0 cm³/mol. The summed E-state index contributed by atoms with van der Waals surface area (Å²) in [6, 6.07) is 2.09.